The zero-order chi connectivity index (χ0) is 7.56. The molecule has 3 N–H and O–H groups in total. The van der Waals surface area contributed by atoms with Gasteiger partial charge in [-0.25, -0.2) is 0 Å². The topological polar surface area (TPSA) is 89.1 Å². The van der Waals surface area contributed by atoms with Crippen LogP contribution in [0.25, 0.3) is 0 Å². The minimum absolute atomic E-state index is 0. The second kappa shape index (κ2) is 4.09. The molecule has 0 saturated heterocycles. The number of nitrogens with two attached hydrogens (primary N) is 1. The first kappa shape index (κ1) is 10.1. The summed E-state index contributed by atoms with van der Waals surface area (Å²) in [4.78, 5) is 10.1. The molecule has 0 bridgehead atoms. The van der Waals surface area contributed by atoms with Crippen LogP contribution < -0.4 is 5.73 Å². The van der Waals surface area contributed by atoms with Crippen molar-refractivity contribution < 1.29 is 9.90 Å². The van der Waals surface area contributed by atoms with Crippen LogP contribution in [-0.4, -0.2) is 21.3 Å². The summed E-state index contributed by atoms with van der Waals surface area (Å²) in [5.41, 5.74) is 5.21. The van der Waals surface area contributed by atoms with Gasteiger partial charge in [-0.3, -0.25) is 4.79 Å². The highest BCUT2D eigenvalue weighted by Gasteiger charge is 2.04. The highest BCUT2D eigenvalue weighted by Crippen LogP contribution is 2.10. The molecule has 0 amide bonds. The Morgan fingerprint density at radius 3 is 2.64 bits per heavy atom. The van der Waals surface area contributed by atoms with Gasteiger partial charge in [0.05, 0.1) is 6.42 Å². The third-order valence-corrected chi connectivity index (χ3v) is 1.54. The predicted octanol–water partition coefficient (Wildman–Crippen LogP) is 0.169. The monoisotopic (exact) mass is 195 g/mol. The fourth-order valence-electron chi connectivity index (χ4n) is 0.467. The number of aromatic nitrogens is 2. The molecule has 0 fully saturated rings. The molecule has 0 saturated carbocycles. The van der Waals surface area contributed by atoms with Gasteiger partial charge in [0.2, 0.25) is 5.13 Å². The summed E-state index contributed by atoms with van der Waals surface area (Å²) in [5, 5.41) is 16.0. The lowest BCUT2D eigenvalue weighted by Gasteiger charge is -1.82. The van der Waals surface area contributed by atoms with Crippen LogP contribution in [0.15, 0.2) is 0 Å². The van der Waals surface area contributed by atoms with Crippen molar-refractivity contribution in [3.05, 3.63) is 5.01 Å². The van der Waals surface area contributed by atoms with E-state index in [0.29, 0.717) is 10.1 Å². The van der Waals surface area contributed by atoms with E-state index in [-0.39, 0.29) is 18.8 Å². The fraction of sp³-hybridized carbons (Fsp3) is 0.250. The highest BCUT2D eigenvalue weighted by atomic mass is 35.5. The van der Waals surface area contributed by atoms with Gasteiger partial charge < -0.3 is 10.8 Å². The number of carboxylic acids is 1. The van der Waals surface area contributed by atoms with Crippen LogP contribution in [0.2, 0.25) is 0 Å². The Bertz CT molecular complexity index is 251. The molecule has 7 heteroatoms. The normalized spacial score (nSPS) is 8.73. The number of hydrogen-bond acceptors (Lipinski definition) is 5. The molecular weight excluding hydrogens is 190 g/mol. The Morgan fingerprint density at radius 2 is 2.27 bits per heavy atom. The smallest absolute Gasteiger partial charge is 0.310 e. The van der Waals surface area contributed by atoms with Crippen LogP contribution in [0.3, 0.4) is 0 Å². The molecule has 0 aromatic carbocycles. The van der Waals surface area contributed by atoms with Crippen molar-refractivity contribution in [2.75, 3.05) is 5.73 Å². The molecule has 1 heterocycles. The summed E-state index contributed by atoms with van der Waals surface area (Å²) in [6.07, 6.45) is -0.102. The molecule has 0 atom stereocenters. The van der Waals surface area contributed by atoms with E-state index in [1.54, 1.807) is 0 Å². The van der Waals surface area contributed by atoms with E-state index in [9.17, 15) is 4.79 Å². The molecule has 11 heavy (non-hydrogen) atoms. The van der Waals surface area contributed by atoms with Crippen LogP contribution in [0.1, 0.15) is 5.01 Å². The van der Waals surface area contributed by atoms with Crippen molar-refractivity contribution in [1.29, 1.82) is 0 Å². The van der Waals surface area contributed by atoms with Crippen LogP contribution in [0, 0.1) is 0 Å². The Kier molecular flexibility index (Phi) is 3.77. The standard InChI is InChI=1S/C4H5N3O2S.ClH/c5-4-7-6-2(10-4)1-3(8)9;/h1H2,(H2,5,7)(H,8,9);1H. The predicted molar refractivity (Wildman–Crippen MR) is 42.9 cm³/mol. The van der Waals surface area contributed by atoms with Gasteiger partial charge in [0.25, 0.3) is 0 Å². The molecule has 0 spiro atoms. The van der Waals surface area contributed by atoms with Crippen molar-refractivity contribution >= 4 is 34.8 Å². The second-order valence-corrected chi connectivity index (χ2v) is 2.70. The van der Waals surface area contributed by atoms with E-state index in [0.717, 1.165) is 11.3 Å². The Morgan fingerprint density at radius 1 is 1.64 bits per heavy atom. The lowest BCUT2D eigenvalue weighted by atomic mass is 10.5. The number of nitrogens with zero attached hydrogens (tertiary/aromatic N) is 2. The van der Waals surface area contributed by atoms with E-state index >= 15 is 0 Å². The first-order chi connectivity index (χ1) is 4.68. The molecular formula is C4H6ClN3O2S. The van der Waals surface area contributed by atoms with Gasteiger partial charge in [-0.2, -0.15) is 0 Å². The number of carboxylic acid groups (broad SMARTS) is 1. The summed E-state index contributed by atoms with van der Waals surface area (Å²) in [5.74, 6) is -0.920. The zero-order valence-electron chi connectivity index (χ0n) is 5.35. The Hall–Kier alpha value is -0.880. The lowest BCUT2D eigenvalue weighted by molar-refractivity contribution is -0.136. The van der Waals surface area contributed by atoms with Gasteiger partial charge >= 0.3 is 5.97 Å². The van der Waals surface area contributed by atoms with Crippen molar-refractivity contribution in [2.45, 2.75) is 6.42 Å². The molecule has 1 rings (SSSR count). The molecule has 0 aliphatic heterocycles. The summed E-state index contributed by atoms with van der Waals surface area (Å²) in [7, 11) is 0. The fourth-order valence-corrected chi connectivity index (χ4v) is 1.07. The lowest BCUT2D eigenvalue weighted by Crippen LogP contribution is -1.98. The first-order valence-corrected chi connectivity index (χ1v) is 3.30. The summed E-state index contributed by atoms with van der Waals surface area (Å²) < 4.78 is 0. The largest absolute Gasteiger partial charge is 0.481 e. The van der Waals surface area contributed by atoms with Gasteiger partial charge in [0, 0.05) is 0 Å². The van der Waals surface area contributed by atoms with E-state index in [4.69, 9.17) is 10.8 Å². The number of nitrogen functional groups attached to an aromatic ring is 1. The van der Waals surface area contributed by atoms with Crippen LogP contribution in [-0.2, 0) is 11.2 Å². The highest BCUT2D eigenvalue weighted by molar-refractivity contribution is 7.15. The zero-order valence-corrected chi connectivity index (χ0v) is 6.98. The second-order valence-electron chi connectivity index (χ2n) is 1.60. The van der Waals surface area contributed by atoms with Gasteiger partial charge in [-0.15, -0.1) is 22.6 Å². The number of carbonyl (C=O) groups is 1. The number of aliphatic carboxylic acids is 1. The van der Waals surface area contributed by atoms with Crippen molar-refractivity contribution in [3.63, 3.8) is 0 Å². The maximum Gasteiger partial charge on any atom is 0.310 e. The van der Waals surface area contributed by atoms with Crippen LogP contribution >= 0.6 is 23.7 Å². The molecule has 62 valence electrons. The number of rotatable bonds is 2. The number of halogens is 1. The van der Waals surface area contributed by atoms with Gasteiger partial charge in [-0.1, -0.05) is 11.3 Å². The quantitative estimate of drug-likeness (QED) is 0.702. The van der Waals surface area contributed by atoms with Gasteiger partial charge in [0.1, 0.15) is 5.01 Å². The molecule has 0 radical (unpaired) electrons. The van der Waals surface area contributed by atoms with E-state index in [2.05, 4.69) is 10.2 Å². The van der Waals surface area contributed by atoms with Gasteiger partial charge in [-0.05, 0) is 0 Å². The van der Waals surface area contributed by atoms with Crippen molar-refractivity contribution in [2.24, 2.45) is 0 Å². The third kappa shape index (κ3) is 3.15. The Balaban J connectivity index is 0.000001000. The van der Waals surface area contributed by atoms with Crippen LogP contribution in [0.5, 0.6) is 0 Å². The maximum absolute atomic E-state index is 10.1. The molecule has 0 aliphatic carbocycles. The van der Waals surface area contributed by atoms with Crippen molar-refractivity contribution in [1.82, 2.24) is 10.2 Å². The summed E-state index contributed by atoms with van der Waals surface area (Å²) in [6.45, 7) is 0. The number of anilines is 1. The molecule has 1 aromatic rings. The average molecular weight is 196 g/mol. The minimum atomic E-state index is -0.920. The Labute approximate surface area is 72.7 Å². The first-order valence-electron chi connectivity index (χ1n) is 2.48. The molecule has 5 nitrogen and oxygen atoms in total. The SMILES string of the molecule is Cl.Nc1nnc(CC(=O)O)s1. The third-order valence-electron chi connectivity index (χ3n) is 0.785. The van der Waals surface area contributed by atoms with Crippen molar-refractivity contribution in [3.8, 4) is 0 Å². The summed E-state index contributed by atoms with van der Waals surface area (Å²) in [6, 6.07) is 0. The number of hydrogen-bond donors (Lipinski definition) is 2. The molecule has 0 aliphatic rings. The van der Waals surface area contributed by atoms with Crippen LogP contribution in [0.4, 0.5) is 5.13 Å². The average Bonchev–Trinajstić information content (AvgIpc) is 2.13. The minimum Gasteiger partial charge on any atom is -0.481 e. The van der Waals surface area contributed by atoms with Gasteiger partial charge in [0.15, 0.2) is 0 Å². The molecule has 0 unspecified atom stereocenters. The summed E-state index contributed by atoms with van der Waals surface area (Å²) >= 11 is 1.09. The van der Waals surface area contributed by atoms with E-state index < -0.39 is 5.97 Å². The molecule has 1 aromatic heterocycles. The maximum atomic E-state index is 10.1. The van der Waals surface area contributed by atoms with E-state index in [1.807, 2.05) is 0 Å². The van der Waals surface area contributed by atoms with E-state index in [1.165, 1.54) is 0 Å².